The van der Waals surface area contributed by atoms with Crippen LogP contribution in [0, 0.1) is 5.82 Å². The van der Waals surface area contributed by atoms with Crippen molar-refractivity contribution >= 4 is 17.7 Å². The van der Waals surface area contributed by atoms with Gasteiger partial charge in [-0.25, -0.2) is 9.18 Å². The fourth-order valence-corrected chi connectivity index (χ4v) is 0.908. The van der Waals surface area contributed by atoms with Gasteiger partial charge in [0.05, 0.1) is 17.3 Å². The van der Waals surface area contributed by atoms with Gasteiger partial charge in [-0.1, -0.05) is 11.6 Å². The molecule has 0 saturated heterocycles. The molecule has 0 saturated carbocycles. The molecule has 0 atom stereocenters. The lowest BCUT2D eigenvalue weighted by atomic mass is 10.3. The molecule has 6 heteroatoms. The number of carbonyl (C=O) groups is 1. The Morgan fingerprint density at radius 1 is 1.77 bits per heavy atom. The number of carboxylic acid groups (broad SMARTS) is 1. The second kappa shape index (κ2) is 4.04. The first-order valence-corrected chi connectivity index (χ1v) is 3.74. The van der Waals surface area contributed by atoms with Crippen molar-refractivity contribution in [3.63, 3.8) is 0 Å². The smallest absolute Gasteiger partial charge is 0.404 e. The van der Waals surface area contributed by atoms with Gasteiger partial charge in [-0.15, -0.1) is 0 Å². The zero-order chi connectivity index (χ0) is 9.84. The first-order chi connectivity index (χ1) is 6.11. The standard InChI is InChI=1S/C7H6ClFN2O2/c8-4-1-2-10-5(6(4)9)3-11-7(12)13/h1-2,11H,3H2,(H,12,13). The van der Waals surface area contributed by atoms with Gasteiger partial charge in [-0.2, -0.15) is 0 Å². The van der Waals surface area contributed by atoms with Crippen LogP contribution < -0.4 is 5.32 Å². The normalized spacial score (nSPS) is 9.69. The third-order valence-corrected chi connectivity index (χ3v) is 1.61. The molecule has 2 N–H and O–H groups in total. The van der Waals surface area contributed by atoms with E-state index in [1.807, 2.05) is 5.32 Å². The van der Waals surface area contributed by atoms with Crippen molar-refractivity contribution in [3.05, 3.63) is 28.8 Å². The Labute approximate surface area is 78.4 Å². The van der Waals surface area contributed by atoms with Crippen molar-refractivity contribution in [1.29, 1.82) is 0 Å². The van der Waals surface area contributed by atoms with E-state index < -0.39 is 11.9 Å². The summed E-state index contributed by atoms with van der Waals surface area (Å²) in [5.74, 6) is -0.696. The molecule has 0 radical (unpaired) electrons. The highest BCUT2D eigenvalue weighted by atomic mass is 35.5. The van der Waals surface area contributed by atoms with E-state index in [1.165, 1.54) is 12.3 Å². The van der Waals surface area contributed by atoms with E-state index in [9.17, 15) is 9.18 Å². The van der Waals surface area contributed by atoms with E-state index in [2.05, 4.69) is 4.98 Å². The van der Waals surface area contributed by atoms with Gasteiger partial charge in [0.1, 0.15) is 0 Å². The van der Waals surface area contributed by atoms with Crippen LogP contribution in [0.4, 0.5) is 9.18 Å². The number of nitrogens with zero attached hydrogens (tertiary/aromatic N) is 1. The molecule has 1 aromatic rings. The van der Waals surface area contributed by atoms with Crippen LogP contribution in [0.15, 0.2) is 12.3 Å². The largest absolute Gasteiger partial charge is 0.465 e. The first-order valence-electron chi connectivity index (χ1n) is 3.37. The minimum absolute atomic E-state index is 0.0186. The van der Waals surface area contributed by atoms with E-state index in [0.717, 1.165) is 0 Å². The number of pyridine rings is 1. The minimum atomic E-state index is -1.24. The quantitative estimate of drug-likeness (QED) is 0.770. The van der Waals surface area contributed by atoms with E-state index in [0.29, 0.717) is 0 Å². The van der Waals surface area contributed by atoms with Crippen LogP contribution in [0.3, 0.4) is 0 Å². The average molecular weight is 205 g/mol. The summed E-state index contributed by atoms with van der Waals surface area (Å²) < 4.78 is 13.0. The molecule has 0 bridgehead atoms. The van der Waals surface area contributed by atoms with Gasteiger partial charge in [0.25, 0.3) is 0 Å². The zero-order valence-electron chi connectivity index (χ0n) is 6.42. The first kappa shape index (κ1) is 9.73. The van der Waals surface area contributed by atoms with Gasteiger partial charge in [0.2, 0.25) is 0 Å². The second-order valence-electron chi connectivity index (χ2n) is 2.21. The molecule has 4 nitrogen and oxygen atoms in total. The molecular weight excluding hydrogens is 199 g/mol. The maximum atomic E-state index is 13.0. The third kappa shape index (κ3) is 2.55. The molecule has 0 aromatic carbocycles. The summed E-state index contributed by atoms with van der Waals surface area (Å²) in [6, 6.07) is 1.29. The minimum Gasteiger partial charge on any atom is -0.465 e. The Kier molecular flexibility index (Phi) is 3.02. The molecule has 0 spiro atoms. The SMILES string of the molecule is O=C(O)NCc1nccc(Cl)c1F. The van der Waals surface area contributed by atoms with Gasteiger partial charge in [-0.3, -0.25) is 4.98 Å². The van der Waals surface area contributed by atoms with Gasteiger partial charge in [-0.05, 0) is 6.07 Å². The summed E-state index contributed by atoms with van der Waals surface area (Å²) in [5, 5.41) is 10.2. The fourth-order valence-electron chi connectivity index (χ4n) is 0.743. The van der Waals surface area contributed by atoms with Gasteiger partial charge in [0, 0.05) is 6.20 Å². The Morgan fingerprint density at radius 2 is 2.46 bits per heavy atom. The summed E-state index contributed by atoms with van der Waals surface area (Å²) >= 11 is 5.44. The Bertz CT molecular complexity index is 332. The van der Waals surface area contributed by atoms with Crippen LogP contribution in [-0.4, -0.2) is 16.2 Å². The number of halogens is 2. The highest BCUT2D eigenvalue weighted by Gasteiger charge is 2.07. The maximum absolute atomic E-state index is 13.0. The van der Waals surface area contributed by atoms with E-state index in [1.54, 1.807) is 0 Å². The number of rotatable bonds is 2. The van der Waals surface area contributed by atoms with Gasteiger partial charge >= 0.3 is 6.09 Å². The summed E-state index contributed by atoms with van der Waals surface area (Å²) in [4.78, 5) is 13.7. The highest BCUT2D eigenvalue weighted by Crippen LogP contribution is 2.15. The van der Waals surface area contributed by atoms with Crippen LogP contribution in [0.25, 0.3) is 0 Å². The molecule has 1 heterocycles. The Morgan fingerprint density at radius 3 is 3.08 bits per heavy atom. The molecule has 70 valence electrons. The lowest BCUT2D eigenvalue weighted by Gasteiger charge is -2.02. The number of hydrogen-bond acceptors (Lipinski definition) is 2. The van der Waals surface area contributed by atoms with Crippen molar-refractivity contribution in [1.82, 2.24) is 10.3 Å². The van der Waals surface area contributed by atoms with Crippen LogP contribution in [0.5, 0.6) is 0 Å². The van der Waals surface area contributed by atoms with Gasteiger partial charge < -0.3 is 10.4 Å². The number of amides is 1. The van der Waals surface area contributed by atoms with Crippen LogP contribution >= 0.6 is 11.6 Å². The molecule has 0 aliphatic heterocycles. The highest BCUT2D eigenvalue weighted by molar-refractivity contribution is 6.30. The monoisotopic (exact) mass is 204 g/mol. The molecule has 0 aliphatic rings. The molecular formula is C7H6ClFN2O2. The number of hydrogen-bond donors (Lipinski definition) is 2. The van der Waals surface area contributed by atoms with Gasteiger partial charge in [0.15, 0.2) is 5.82 Å². The molecule has 0 fully saturated rings. The lowest BCUT2D eigenvalue weighted by molar-refractivity contribution is 0.193. The number of nitrogens with one attached hydrogen (secondary N) is 1. The molecule has 1 aromatic heterocycles. The van der Waals surface area contributed by atoms with E-state index in [4.69, 9.17) is 16.7 Å². The topological polar surface area (TPSA) is 62.2 Å². The second-order valence-corrected chi connectivity index (χ2v) is 2.62. The van der Waals surface area contributed by atoms with Crippen LogP contribution in [0.1, 0.15) is 5.69 Å². The average Bonchev–Trinajstić information content (AvgIpc) is 2.07. The molecule has 13 heavy (non-hydrogen) atoms. The van der Waals surface area contributed by atoms with Crippen LogP contribution in [0.2, 0.25) is 5.02 Å². The lowest BCUT2D eigenvalue weighted by Crippen LogP contribution is -2.21. The van der Waals surface area contributed by atoms with E-state index in [-0.39, 0.29) is 17.3 Å². The summed E-state index contributed by atoms with van der Waals surface area (Å²) in [6.45, 7) is -0.193. The summed E-state index contributed by atoms with van der Waals surface area (Å²) in [5.41, 5.74) is -0.0186. The zero-order valence-corrected chi connectivity index (χ0v) is 7.18. The van der Waals surface area contributed by atoms with Crippen molar-refractivity contribution in [2.45, 2.75) is 6.54 Å². The van der Waals surface area contributed by atoms with Crippen molar-refractivity contribution in [2.75, 3.05) is 0 Å². The van der Waals surface area contributed by atoms with Crippen molar-refractivity contribution in [2.24, 2.45) is 0 Å². The molecule has 0 aliphatic carbocycles. The third-order valence-electron chi connectivity index (χ3n) is 1.32. The van der Waals surface area contributed by atoms with Crippen molar-refractivity contribution < 1.29 is 14.3 Å². The fraction of sp³-hybridized carbons (Fsp3) is 0.143. The predicted molar refractivity (Wildman–Crippen MR) is 44.1 cm³/mol. The summed E-state index contributed by atoms with van der Waals surface area (Å²) in [6.07, 6.45) is 0.0748. The molecule has 1 amide bonds. The predicted octanol–water partition coefficient (Wildman–Crippen LogP) is 1.64. The van der Waals surface area contributed by atoms with Crippen molar-refractivity contribution in [3.8, 4) is 0 Å². The van der Waals surface area contributed by atoms with Crippen LogP contribution in [-0.2, 0) is 6.54 Å². The number of aromatic nitrogens is 1. The van der Waals surface area contributed by atoms with E-state index >= 15 is 0 Å². The Balaban J connectivity index is 2.77. The summed E-state index contributed by atoms with van der Waals surface area (Å²) in [7, 11) is 0. The molecule has 1 rings (SSSR count). The maximum Gasteiger partial charge on any atom is 0.404 e. The Hall–Kier alpha value is -1.36. The molecule has 0 unspecified atom stereocenters.